The Bertz CT molecular complexity index is 361. The molecule has 2 N–H and O–H groups in total. The zero-order valence-electron chi connectivity index (χ0n) is 11.8. The quantitative estimate of drug-likeness (QED) is 0.813. The molecule has 2 aliphatic rings. The van der Waals surface area contributed by atoms with Crippen LogP contribution in [0.4, 0.5) is 0 Å². The molecule has 0 aliphatic carbocycles. The molecule has 2 saturated heterocycles. The molecule has 5 nitrogen and oxygen atoms in total. The lowest BCUT2D eigenvalue weighted by molar-refractivity contribution is 0.220. The van der Waals surface area contributed by atoms with Crippen LogP contribution in [0.15, 0.2) is 0 Å². The summed E-state index contributed by atoms with van der Waals surface area (Å²) < 4.78 is 28.8. The van der Waals surface area contributed by atoms with Crippen molar-refractivity contribution in [3.8, 4) is 0 Å². The van der Waals surface area contributed by atoms with Crippen LogP contribution in [-0.2, 0) is 10.2 Å². The van der Waals surface area contributed by atoms with E-state index in [2.05, 4.69) is 23.9 Å². The monoisotopic (exact) mass is 311 g/mol. The van der Waals surface area contributed by atoms with Gasteiger partial charge in [-0.1, -0.05) is 13.8 Å². The maximum Gasteiger partial charge on any atom is 0.279 e. The molecular formula is C12H26ClN3O2S. The van der Waals surface area contributed by atoms with Gasteiger partial charge in [-0.25, -0.2) is 4.72 Å². The van der Waals surface area contributed by atoms with Crippen molar-refractivity contribution < 1.29 is 8.42 Å². The highest BCUT2D eigenvalue weighted by atomic mass is 35.5. The van der Waals surface area contributed by atoms with Crippen molar-refractivity contribution in [1.29, 1.82) is 0 Å². The van der Waals surface area contributed by atoms with E-state index >= 15 is 0 Å². The van der Waals surface area contributed by atoms with Gasteiger partial charge in [-0.15, -0.1) is 12.4 Å². The van der Waals surface area contributed by atoms with Crippen molar-refractivity contribution in [2.24, 2.45) is 11.8 Å². The Morgan fingerprint density at radius 1 is 1.26 bits per heavy atom. The maximum atomic E-state index is 12.2. The van der Waals surface area contributed by atoms with E-state index in [1.54, 1.807) is 4.31 Å². The fourth-order valence-corrected chi connectivity index (χ4v) is 4.53. The molecule has 2 aliphatic heterocycles. The fraction of sp³-hybridized carbons (Fsp3) is 1.00. The van der Waals surface area contributed by atoms with Gasteiger partial charge in [0, 0.05) is 25.7 Å². The molecule has 2 rings (SSSR count). The summed E-state index contributed by atoms with van der Waals surface area (Å²) in [4.78, 5) is 0. The second kappa shape index (κ2) is 7.22. The molecule has 0 spiro atoms. The Morgan fingerprint density at radius 3 is 2.42 bits per heavy atom. The minimum atomic E-state index is -3.29. The predicted molar refractivity (Wildman–Crippen MR) is 79.7 cm³/mol. The van der Waals surface area contributed by atoms with Crippen LogP contribution in [0, 0.1) is 11.8 Å². The molecule has 0 radical (unpaired) electrons. The number of rotatable bonds is 4. The van der Waals surface area contributed by atoms with Crippen LogP contribution in [0.5, 0.6) is 0 Å². The Balaban J connectivity index is 0.00000180. The van der Waals surface area contributed by atoms with Crippen LogP contribution in [0.2, 0.25) is 0 Å². The summed E-state index contributed by atoms with van der Waals surface area (Å²) >= 11 is 0. The Morgan fingerprint density at radius 2 is 1.89 bits per heavy atom. The summed E-state index contributed by atoms with van der Waals surface area (Å²) in [5.74, 6) is 0.907. The van der Waals surface area contributed by atoms with E-state index in [1.807, 2.05) is 0 Å². The van der Waals surface area contributed by atoms with Crippen molar-refractivity contribution in [3.63, 3.8) is 0 Å². The second-order valence-electron chi connectivity index (χ2n) is 5.91. The van der Waals surface area contributed by atoms with Gasteiger partial charge in [0.05, 0.1) is 0 Å². The summed E-state index contributed by atoms with van der Waals surface area (Å²) in [6.07, 6.45) is 3.33. The minimum absolute atomic E-state index is 0. The third kappa shape index (κ3) is 4.86. The number of hydrogen-bond acceptors (Lipinski definition) is 3. The first-order valence-electron chi connectivity index (χ1n) is 6.95. The van der Waals surface area contributed by atoms with Crippen molar-refractivity contribution in [3.05, 3.63) is 0 Å². The van der Waals surface area contributed by atoms with Gasteiger partial charge in [0.25, 0.3) is 10.2 Å². The summed E-state index contributed by atoms with van der Waals surface area (Å²) in [6, 6.07) is 0.305. The number of nitrogens with zero attached hydrogens (tertiary/aromatic N) is 1. The Kier molecular flexibility index (Phi) is 6.53. The first-order valence-corrected chi connectivity index (χ1v) is 8.39. The number of hydrogen-bond donors (Lipinski definition) is 2. The van der Waals surface area contributed by atoms with E-state index in [9.17, 15) is 8.42 Å². The van der Waals surface area contributed by atoms with Gasteiger partial charge in [-0.3, -0.25) is 0 Å². The lowest BCUT2D eigenvalue weighted by atomic mass is 9.94. The molecular weight excluding hydrogens is 286 g/mol. The number of piperidine rings is 1. The van der Waals surface area contributed by atoms with Gasteiger partial charge in [0.1, 0.15) is 0 Å². The number of nitrogens with one attached hydrogen (secondary N) is 2. The maximum absolute atomic E-state index is 12.2. The van der Waals surface area contributed by atoms with E-state index in [0.717, 1.165) is 25.8 Å². The van der Waals surface area contributed by atoms with Crippen molar-refractivity contribution in [2.45, 2.75) is 39.2 Å². The zero-order chi connectivity index (χ0) is 13.2. The molecule has 2 fully saturated rings. The van der Waals surface area contributed by atoms with Crippen LogP contribution in [0.1, 0.15) is 33.1 Å². The van der Waals surface area contributed by atoms with E-state index in [-0.39, 0.29) is 12.4 Å². The molecule has 0 aromatic heterocycles. The standard InChI is InChI=1S/C12H25N3O2S.ClH/c1-10-6-11(2)9-15(8-10)18(16,17)14-7-12-4-3-5-13-12;/h10-14H,3-9H2,1-2H3;1H. The highest BCUT2D eigenvalue weighted by Gasteiger charge is 2.30. The van der Waals surface area contributed by atoms with Crippen molar-refractivity contribution in [2.75, 3.05) is 26.2 Å². The lowest BCUT2D eigenvalue weighted by Crippen LogP contribution is -2.50. The fourth-order valence-electron chi connectivity index (χ4n) is 3.03. The van der Waals surface area contributed by atoms with Crippen LogP contribution < -0.4 is 10.0 Å². The summed E-state index contributed by atoms with van der Waals surface area (Å²) in [5.41, 5.74) is 0. The smallest absolute Gasteiger partial charge is 0.279 e. The summed E-state index contributed by atoms with van der Waals surface area (Å²) in [7, 11) is -3.29. The van der Waals surface area contributed by atoms with Gasteiger partial charge in [-0.2, -0.15) is 12.7 Å². The Labute approximate surface area is 123 Å². The van der Waals surface area contributed by atoms with Crippen LogP contribution in [0.3, 0.4) is 0 Å². The van der Waals surface area contributed by atoms with Crippen molar-refractivity contribution in [1.82, 2.24) is 14.3 Å². The highest BCUT2D eigenvalue weighted by molar-refractivity contribution is 7.87. The summed E-state index contributed by atoms with van der Waals surface area (Å²) in [6.45, 7) is 7.06. The predicted octanol–water partition coefficient (Wildman–Crippen LogP) is 0.972. The van der Waals surface area contributed by atoms with Crippen LogP contribution in [0.25, 0.3) is 0 Å². The number of halogens is 1. The zero-order valence-corrected chi connectivity index (χ0v) is 13.4. The molecule has 19 heavy (non-hydrogen) atoms. The topological polar surface area (TPSA) is 61.4 Å². The summed E-state index contributed by atoms with van der Waals surface area (Å²) in [5, 5.41) is 3.30. The normalized spacial score (nSPS) is 33.1. The van der Waals surface area contributed by atoms with E-state index in [0.29, 0.717) is 37.5 Å². The molecule has 0 aromatic carbocycles. The van der Waals surface area contributed by atoms with Gasteiger partial charge < -0.3 is 5.32 Å². The van der Waals surface area contributed by atoms with Gasteiger partial charge >= 0.3 is 0 Å². The highest BCUT2D eigenvalue weighted by Crippen LogP contribution is 2.22. The lowest BCUT2D eigenvalue weighted by Gasteiger charge is -2.34. The average molecular weight is 312 g/mol. The van der Waals surface area contributed by atoms with Crippen molar-refractivity contribution >= 4 is 22.6 Å². The van der Waals surface area contributed by atoms with E-state index < -0.39 is 10.2 Å². The Hall–Kier alpha value is 0.120. The molecule has 3 unspecified atom stereocenters. The largest absolute Gasteiger partial charge is 0.313 e. The second-order valence-corrected chi connectivity index (χ2v) is 7.67. The molecule has 7 heteroatoms. The molecule has 0 amide bonds. The first-order chi connectivity index (χ1) is 8.47. The van der Waals surface area contributed by atoms with Gasteiger partial charge in [-0.05, 0) is 37.6 Å². The average Bonchev–Trinajstić information content (AvgIpc) is 2.78. The minimum Gasteiger partial charge on any atom is -0.313 e. The molecule has 0 bridgehead atoms. The van der Waals surface area contributed by atoms with E-state index in [1.165, 1.54) is 0 Å². The van der Waals surface area contributed by atoms with Gasteiger partial charge in [0.15, 0.2) is 0 Å². The molecule has 114 valence electrons. The first kappa shape index (κ1) is 17.2. The molecule has 0 aromatic rings. The van der Waals surface area contributed by atoms with Crippen LogP contribution >= 0.6 is 12.4 Å². The third-order valence-electron chi connectivity index (χ3n) is 3.85. The van der Waals surface area contributed by atoms with Gasteiger partial charge in [0.2, 0.25) is 0 Å². The third-order valence-corrected chi connectivity index (χ3v) is 5.36. The van der Waals surface area contributed by atoms with Crippen LogP contribution in [-0.4, -0.2) is 44.9 Å². The molecule has 3 atom stereocenters. The SMILES string of the molecule is CC1CC(C)CN(S(=O)(=O)NCC2CCCN2)C1.Cl. The van der Waals surface area contributed by atoms with E-state index in [4.69, 9.17) is 0 Å². The molecule has 0 saturated carbocycles. The molecule has 2 heterocycles.